The van der Waals surface area contributed by atoms with Crippen LogP contribution in [0.15, 0.2) is 91.0 Å². The SMILES string of the molecule is Cc1ccc(C)c([C@@H]2c3ccccc3[C@@]34Cc5ccccc5[C@@H]3c3ccccc3[C@H]24)c1. The molecule has 0 N–H and O–H groups in total. The first-order valence-electron chi connectivity index (χ1n) is 11.5. The van der Waals surface area contributed by atoms with E-state index in [0.717, 1.165) is 6.42 Å². The average molecular weight is 399 g/mol. The van der Waals surface area contributed by atoms with Gasteiger partial charge in [0.2, 0.25) is 0 Å². The number of fused-ring (bicyclic) bond motifs is 6. The van der Waals surface area contributed by atoms with Crippen LogP contribution in [0.2, 0.25) is 0 Å². The highest BCUT2D eigenvalue weighted by Gasteiger charge is 2.64. The van der Waals surface area contributed by atoms with Crippen LogP contribution in [0.5, 0.6) is 0 Å². The van der Waals surface area contributed by atoms with Crippen LogP contribution < -0.4 is 0 Å². The van der Waals surface area contributed by atoms with E-state index in [-0.39, 0.29) is 5.41 Å². The summed E-state index contributed by atoms with van der Waals surface area (Å²) in [4.78, 5) is 0. The molecule has 1 spiro atoms. The Hall–Kier alpha value is -3.12. The fourth-order valence-electron chi connectivity index (χ4n) is 7.45. The van der Waals surface area contributed by atoms with Crippen molar-refractivity contribution in [2.24, 2.45) is 0 Å². The average Bonchev–Trinajstić information content (AvgIpc) is 3.37. The molecule has 0 fully saturated rings. The Morgan fingerprint density at radius 3 is 2.16 bits per heavy atom. The van der Waals surface area contributed by atoms with Gasteiger partial charge in [-0.05, 0) is 64.8 Å². The van der Waals surface area contributed by atoms with Gasteiger partial charge in [-0.3, -0.25) is 0 Å². The van der Waals surface area contributed by atoms with Gasteiger partial charge in [0, 0.05) is 23.2 Å². The predicted octanol–water partition coefficient (Wildman–Crippen LogP) is 7.17. The molecule has 4 atom stereocenters. The lowest BCUT2D eigenvalue weighted by atomic mass is 9.67. The first-order valence-corrected chi connectivity index (χ1v) is 11.5. The molecule has 0 heterocycles. The maximum atomic E-state index is 2.45. The van der Waals surface area contributed by atoms with E-state index in [1.54, 1.807) is 33.4 Å². The third-order valence-corrected chi connectivity index (χ3v) is 8.46. The van der Waals surface area contributed by atoms with E-state index < -0.39 is 0 Å². The zero-order valence-corrected chi connectivity index (χ0v) is 18.1. The second-order valence-corrected chi connectivity index (χ2v) is 9.88. The van der Waals surface area contributed by atoms with Gasteiger partial charge in [-0.2, -0.15) is 0 Å². The molecule has 0 aromatic heterocycles. The van der Waals surface area contributed by atoms with Crippen LogP contribution in [0.1, 0.15) is 67.8 Å². The van der Waals surface area contributed by atoms with Gasteiger partial charge >= 0.3 is 0 Å². The Labute approximate surface area is 184 Å². The Bertz CT molecular complexity index is 1360. The zero-order valence-electron chi connectivity index (χ0n) is 18.1. The van der Waals surface area contributed by atoms with E-state index in [4.69, 9.17) is 0 Å². The Morgan fingerprint density at radius 2 is 1.32 bits per heavy atom. The molecule has 0 amide bonds. The van der Waals surface area contributed by atoms with Crippen LogP contribution >= 0.6 is 0 Å². The minimum atomic E-state index is 0.130. The van der Waals surface area contributed by atoms with Crippen LogP contribution in [0.3, 0.4) is 0 Å². The second kappa shape index (κ2) is 5.98. The Morgan fingerprint density at radius 1 is 0.645 bits per heavy atom. The van der Waals surface area contributed by atoms with E-state index in [0.29, 0.717) is 17.8 Å². The molecule has 0 heteroatoms. The first kappa shape index (κ1) is 17.5. The molecular weight excluding hydrogens is 372 g/mol. The third-order valence-electron chi connectivity index (χ3n) is 8.46. The molecule has 4 aromatic carbocycles. The molecule has 0 saturated carbocycles. The van der Waals surface area contributed by atoms with Crippen LogP contribution in [0, 0.1) is 13.8 Å². The summed E-state index contributed by atoms with van der Waals surface area (Å²) in [5.41, 5.74) is 13.8. The van der Waals surface area contributed by atoms with E-state index in [1.807, 2.05) is 0 Å². The second-order valence-electron chi connectivity index (χ2n) is 9.88. The highest BCUT2D eigenvalue weighted by molar-refractivity contribution is 5.69. The molecule has 0 radical (unpaired) electrons. The van der Waals surface area contributed by atoms with Gasteiger partial charge in [0.05, 0.1) is 0 Å². The minimum Gasteiger partial charge on any atom is -0.0620 e. The summed E-state index contributed by atoms with van der Waals surface area (Å²) in [6.45, 7) is 4.53. The summed E-state index contributed by atoms with van der Waals surface area (Å²) in [7, 11) is 0. The van der Waals surface area contributed by atoms with Gasteiger partial charge in [0.25, 0.3) is 0 Å². The molecule has 3 aliphatic carbocycles. The topological polar surface area (TPSA) is 0 Å². The quantitative estimate of drug-likeness (QED) is 0.319. The molecule has 4 aromatic rings. The van der Waals surface area contributed by atoms with Crippen LogP contribution in [-0.2, 0) is 11.8 Å². The molecular formula is C31H26. The predicted molar refractivity (Wildman–Crippen MR) is 127 cm³/mol. The van der Waals surface area contributed by atoms with Gasteiger partial charge in [0.1, 0.15) is 0 Å². The molecule has 31 heavy (non-hydrogen) atoms. The van der Waals surface area contributed by atoms with E-state index in [1.165, 1.54) is 16.7 Å². The van der Waals surface area contributed by atoms with Crippen molar-refractivity contribution in [3.63, 3.8) is 0 Å². The summed E-state index contributed by atoms with van der Waals surface area (Å²) in [6, 6.07) is 34.9. The monoisotopic (exact) mass is 398 g/mol. The summed E-state index contributed by atoms with van der Waals surface area (Å²) < 4.78 is 0. The first-order chi connectivity index (χ1) is 15.2. The van der Waals surface area contributed by atoms with Crippen molar-refractivity contribution >= 4 is 0 Å². The maximum absolute atomic E-state index is 2.45. The molecule has 7 rings (SSSR count). The molecule has 150 valence electrons. The van der Waals surface area contributed by atoms with E-state index in [2.05, 4.69) is 105 Å². The van der Waals surface area contributed by atoms with Gasteiger partial charge in [-0.25, -0.2) is 0 Å². The van der Waals surface area contributed by atoms with Gasteiger partial charge < -0.3 is 0 Å². The number of hydrogen-bond donors (Lipinski definition) is 0. The highest BCUT2D eigenvalue weighted by Crippen LogP contribution is 2.72. The molecule has 0 nitrogen and oxygen atoms in total. The van der Waals surface area contributed by atoms with Crippen LogP contribution in [0.25, 0.3) is 0 Å². The normalized spacial score (nSPS) is 26.7. The summed E-state index contributed by atoms with van der Waals surface area (Å²) in [5.74, 6) is 1.36. The lowest BCUT2D eigenvalue weighted by Gasteiger charge is -2.34. The van der Waals surface area contributed by atoms with E-state index in [9.17, 15) is 0 Å². The lowest BCUT2D eigenvalue weighted by Crippen LogP contribution is -2.31. The van der Waals surface area contributed by atoms with Gasteiger partial charge in [0.15, 0.2) is 0 Å². The number of aryl methyl sites for hydroxylation is 2. The van der Waals surface area contributed by atoms with Crippen molar-refractivity contribution < 1.29 is 0 Å². The van der Waals surface area contributed by atoms with Crippen molar-refractivity contribution in [3.05, 3.63) is 141 Å². The summed E-state index contributed by atoms with van der Waals surface area (Å²) in [6.07, 6.45) is 1.14. The summed E-state index contributed by atoms with van der Waals surface area (Å²) >= 11 is 0. The molecule has 0 unspecified atom stereocenters. The largest absolute Gasteiger partial charge is 0.0620 e. The minimum absolute atomic E-state index is 0.130. The molecule has 0 saturated heterocycles. The Balaban J connectivity index is 1.59. The lowest BCUT2D eigenvalue weighted by molar-refractivity contribution is 0.370. The third kappa shape index (κ3) is 2.06. The molecule has 0 bridgehead atoms. The van der Waals surface area contributed by atoms with Crippen molar-refractivity contribution in [2.45, 2.75) is 43.4 Å². The number of benzene rings is 4. The van der Waals surface area contributed by atoms with Gasteiger partial charge in [-0.1, -0.05) is 96.6 Å². The molecule has 0 aliphatic heterocycles. The maximum Gasteiger partial charge on any atom is 0.0201 e. The van der Waals surface area contributed by atoms with Crippen molar-refractivity contribution in [2.75, 3.05) is 0 Å². The fourth-order valence-corrected chi connectivity index (χ4v) is 7.45. The Kier molecular flexibility index (Phi) is 3.38. The van der Waals surface area contributed by atoms with Crippen molar-refractivity contribution in [1.82, 2.24) is 0 Å². The van der Waals surface area contributed by atoms with E-state index >= 15 is 0 Å². The van der Waals surface area contributed by atoms with Crippen LogP contribution in [0.4, 0.5) is 0 Å². The smallest absolute Gasteiger partial charge is 0.0201 e. The summed E-state index contributed by atoms with van der Waals surface area (Å²) in [5, 5.41) is 0. The fraction of sp³-hybridized carbons (Fsp3) is 0.226. The highest BCUT2D eigenvalue weighted by atomic mass is 14.7. The number of hydrogen-bond acceptors (Lipinski definition) is 0. The van der Waals surface area contributed by atoms with Crippen LogP contribution in [-0.4, -0.2) is 0 Å². The van der Waals surface area contributed by atoms with Gasteiger partial charge in [-0.15, -0.1) is 0 Å². The van der Waals surface area contributed by atoms with Crippen molar-refractivity contribution in [1.29, 1.82) is 0 Å². The number of rotatable bonds is 1. The zero-order chi connectivity index (χ0) is 20.7. The molecule has 3 aliphatic rings. The standard InChI is InChI=1S/C31H26/c1-19-15-16-20(2)26(17-19)28-25-13-7-8-14-27(25)31-18-21-9-3-4-10-22(21)29(31)23-11-5-6-12-24(23)30(28)31/h3-17,28-30H,18H2,1-2H3/t28-,29+,30+,31-/m0/s1. The van der Waals surface area contributed by atoms with Crippen molar-refractivity contribution in [3.8, 4) is 0 Å².